The summed E-state index contributed by atoms with van der Waals surface area (Å²) < 4.78 is 68.5. The Bertz CT molecular complexity index is 1890. The molecule has 17 nitrogen and oxygen atoms in total. The second kappa shape index (κ2) is 66.3. The summed E-state index contributed by atoms with van der Waals surface area (Å²) in [5.74, 6) is 0.932. The van der Waals surface area contributed by atoms with Gasteiger partial charge >= 0.3 is 39.5 Å². The van der Waals surface area contributed by atoms with Crippen LogP contribution in [0.1, 0.15) is 389 Å². The number of unbranched alkanes of at least 4 members (excludes halogenated alkanes) is 39. The third kappa shape index (κ3) is 69.2. The van der Waals surface area contributed by atoms with Crippen LogP contribution in [0.25, 0.3) is 0 Å². The van der Waals surface area contributed by atoms with Crippen LogP contribution < -0.4 is 0 Å². The lowest BCUT2D eigenvalue weighted by molar-refractivity contribution is -0.161. The molecule has 0 heterocycles. The Morgan fingerprint density at radius 1 is 0.292 bits per heavy atom. The number of phosphoric acid groups is 2. The molecule has 0 rings (SSSR count). The van der Waals surface area contributed by atoms with Crippen LogP contribution in [0.2, 0.25) is 0 Å². The van der Waals surface area contributed by atoms with E-state index in [-0.39, 0.29) is 25.7 Å². The van der Waals surface area contributed by atoms with Crippen LogP contribution in [0, 0.1) is 23.7 Å². The summed E-state index contributed by atoms with van der Waals surface area (Å²) in [7, 11) is -9.91. The van der Waals surface area contributed by atoms with Gasteiger partial charge in [0.15, 0.2) is 12.2 Å². The normalized spacial score (nSPS) is 14.4. The van der Waals surface area contributed by atoms with E-state index < -0.39 is 97.5 Å². The van der Waals surface area contributed by atoms with Gasteiger partial charge in [-0.15, -0.1) is 0 Å². The van der Waals surface area contributed by atoms with E-state index in [2.05, 4.69) is 55.4 Å². The monoisotopic (exact) mass is 1410 g/mol. The lowest BCUT2D eigenvalue weighted by Gasteiger charge is -2.21. The SMILES string of the molecule is CCC(C)CCCCCCCCCCCCCCCCC(=O)O[C@H](COC(=O)CCCCCCCCCCC(C)C)COP(=O)(O)OCC(O)COP(=O)(O)OC[C@@H](COC(=O)CCCCCCCCC(C)C)OC(=O)CCCCCCCCCCCCCCCCCC(C)C. The van der Waals surface area contributed by atoms with Crippen molar-refractivity contribution in [3.8, 4) is 0 Å². The van der Waals surface area contributed by atoms with E-state index >= 15 is 0 Å². The number of ether oxygens (including phenoxy) is 4. The maximum Gasteiger partial charge on any atom is 0.472 e. The number of phosphoric ester groups is 2. The second-order valence-corrected chi connectivity index (χ2v) is 32.3. The number of rotatable bonds is 74. The standard InChI is InChI=1S/C77H150O17P2/c1-9-70(8)56-48-40-31-24-20-16-13-14-18-22-26-34-44-52-59-76(81)93-72(63-87-74(79)57-49-41-32-28-27-30-38-46-54-68(4)5)65-91-95(83,84)89-61-71(78)62-90-96(85,86)92-66-73(64-88-75(80)58-50-42-36-35-39-47-55-69(6)7)94-77(82)60-51-43-33-25-21-17-12-10-11-15-19-23-29-37-45-53-67(2)3/h67-73,78H,9-66H2,1-8H3,(H,83,84)(H,85,86)/t70?,71?,72-,73-/m1/s1. The van der Waals surface area contributed by atoms with Crippen LogP contribution in [-0.4, -0.2) is 96.7 Å². The molecule has 0 radical (unpaired) electrons. The molecule has 570 valence electrons. The van der Waals surface area contributed by atoms with Crippen molar-refractivity contribution < 1.29 is 80.2 Å². The highest BCUT2D eigenvalue weighted by molar-refractivity contribution is 7.47. The van der Waals surface area contributed by atoms with E-state index in [1.807, 2.05) is 0 Å². The Morgan fingerprint density at radius 2 is 0.500 bits per heavy atom. The van der Waals surface area contributed by atoms with E-state index in [9.17, 15) is 43.2 Å². The number of esters is 4. The molecule has 0 bridgehead atoms. The number of hydrogen-bond donors (Lipinski definition) is 3. The highest BCUT2D eigenvalue weighted by Crippen LogP contribution is 2.45. The summed E-state index contributed by atoms with van der Waals surface area (Å²) in [6.45, 7) is 14.2. The molecule has 19 heteroatoms. The molecule has 0 aromatic rings. The van der Waals surface area contributed by atoms with Gasteiger partial charge in [-0.2, -0.15) is 0 Å². The van der Waals surface area contributed by atoms with Gasteiger partial charge < -0.3 is 33.8 Å². The average Bonchev–Trinajstić information content (AvgIpc) is 1.13. The summed E-state index contributed by atoms with van der Waals surface area (Å²) in [6, 6.07) is 0. The first kappa shape index (κ1) is 94.1. The Balaban J connectivity index is 5.20. The predicted molar refractivity (Wildman–Crippen MR) is 391 cm³/mol. The largest absolute Gasteiger partial charge is 0.472 e. The molecular formula is C77H150O17P2. The Kier molecular flexibility index (Phi) is 65.0. The molecule has 4 unspecified atom stereocenters. The van der Waals surface area contributed by atoms with Gasteiger partial charge in [0.25, 0.3) is 0 Å². The fraction of sp³-hybridized carbons (Fsp3) is 0.948. The van der Waals surface area contributed by atoms with E-state index in [1.54, 1.807) is 0 Å². The third-order valence-corrected chi connectivity index (χ3v) is 20.1. The molecule has 0 fully saturated rings. The molecule has 0 amide bonds. The molecule has 96 heavy (non-hydrogen) atoms. The molecule has 0 aliphatic carbocycles. The molecule has 0 aliphatic heterocycles. The van der Waals surface area contributed by atoms with Gasteiger partial charge in [-0.3, -0.25) is 37.3 Å². The zero-order valence-corrected chi connectivity index (χ0v) is 64.8. The first-order valence-electron chi connectivity index (χ1n) is 39.7. The first-order valence-corrected chi connectivity index (χ1v) is 42.7. The summed E-state index contributed by atoms with van der Waals surface area (Å²) >= 11 is 0. The maximum atomic E-state index is 13.1. The van der Waals surface area contributed by atoms with E-state index in [1.165, 1.54) is 186 Å². The number of aliphatic hydroxyl groups is 1. The Hall–Kier alpha value is -1.94. The van der Waals surface area contributed by atoms with E-state index in [4.69, 9.17) is 37.0 Å². The zero-order valence-electron chi connectivity index (χ0n) is 63.0. The van der Waals surface area contributed by atoms with Gasteiger partial charge in [0.05, 0.1) is 26.4 Å². The number of carbonyl (C=O) groups is 4. The van der Waals surface area contributed by atoms with Crippen molar-refractivity contribution in [3.63, 3.8) is 0 Å². The third-order valence-electron chi connectivity index (χ3n) is 18.2. The van der Waals surface area contributed by atoms with Crippen molar-refractivity contribution >= 4 is 39.5 Å². The molecule has 0 spiro atoms. The molecular weight excluding hydrogens is 1260 g/mol. The predicted octanol–water partition coefficient (Wildman–Crippen LogP) is 22.4. The molecule has 0 aliphatic rings. The minimum Gasteiger partial charge on any atom is -0.462 e. The van der Waals surface area contributed by atoms with Crippen molar-refractivity contribution in [2.45, 2.75) is 408 Å². The summed E-state index contributed by atoms with van der Waals surface area (Å²) in [4.78, 5) is 72.8. The maximum absolute atomic E-state index is 13.1. The lowest BCUT2D eigenvalue weighted by Crippen LogP contribution is -2.30. The average molecular weight is 1410 g/mol. The van der Waals surface area contributed by atoms with Crippen molar-refractivity contribution in [1.82, 2.24) is 0 Å². The number of aliphatic hydroxyl groups excluding tert-OH is 1. The summed E-state index contributed by atoms with van der Waals surface area (Å²) in [5.41, 5.74) is 0. The van der Waals surface area contributed by atoms with Crippen molar-refractivity contribution in [2.24, 2.45) is 23.7 Å². The minimum absolute atomic E-state index is 0.106. The molecule has 3 N–H and O–H groups in total. The van der Waals surface area contributed by atoms with Gasteiger partial charge in [0, 0.05) is 25.7 Å². The zero-order chi connectivity index (χ0) is 71.0. The van der Waals surface area contributed by atoms with Crippen LogP contribution in [0.4, 0.5) is 0 Å². The van der Waals surface area contributed by atoms with Crippen molar-refractivity contribution in [2.75, 3.05) is 39.6 Å². The number of carbonyl (C=O) groups excluding carboxylic acids is 4. The van der Waals surface area contributed by atoms with Gasteiger partial charge in [-0.25, -0.2) is 9.13 Å². The van der Waals surface area contributed by atoms with Crippen LogP contribution in [-0.2, 0) is 65.4 Å². The molecule has 0 aromatic heterocycles. The Labute approximate surface area is 588 Å². The highest BCUT2D eigenvalue weighted by atomic mass is 31.2. The van der Waals surface area contributed by atoms with Crippen molar-refractivity contribution in [1.29, 1.82) is 0 Å². The lowest BCUT2D eigenvalue weighted by atomic mass is 9.99. The summed E-state index contributed by atoms with van der Waals surface area (Å²) in [6.07, 6.45) is 51.5. The van der Waals surface area contributed by atoms with Gasteiger partial charge in [-0.05, 0) is 49.4 Å². The van der Waals surface area contributed by atoms with E-state index in [0.717, 1.165) is 114 Å². The van der Waals surface area contributed by atoms with Crippen LogP contribution in [0.3, 0.4) is 0 Å². The quantitative estimate of drug-likeness (QED) is 0.0222. The highest BCUT2D eigenvalue weighted by Gasteiger charge is 2.30. The molecule has 0 saturated carbocycles. The fourth-order valence-electron chi connectivity index (χ4n) is 11.7. The number of hydrogen-bond acceptors (Lipinski definition) is 15. The first-order chi connectivity index (χ1) is 46.1. The molecule has 0 saturated heterocycles. The van der Waals surface area contributed by atoms with Gasteiger partial charge in [0.2, 0.25) is 0 Å². The smallest absolute Gasteiger partial charge is 0.462 e. The second-order valence-electron chi connectivity index (χ2n) is 29.4. The molecule has 6 atom stereocenters. The van der Waals surface area contributed by atoms with Crippen molar-refractivity contribution in [3.05, 3.63) is 0 Å². The van der Waals surface area contributed by atoms with Crippen LogP contribution in [0.15, 0.2) is 0 Å². The Morgan fingerprint density at radius 3 is 0.740 bits per heavy atom. The topological polar surface area (TPSA) is 237 Å². The van der Waals surface area contributed by atoms with Crippen LogP contribution in [0.5, 0.6) is 0 Å². The van der Waals surface area contributed by atoms with E-state index in [0.29, 0.717) is 31.6 Å². The summed E-state index contributed by atoms with van der Waals surface area (Å²) in [5, 5.41) is 10.6. The fourth-order valence-corrected chi connectivity index (χ4v) is 13.3. The minimum atomic E-state index is -4.96. The van der Waals surface area contributed by atoms with Crippen LogP contribution >= 0.6 is 15.6 Å². The van der Waals surface area contributed by atoms with Gasteiger partial charge in [-0.1, -0.05) is 338 Å². The molecule has 0 aromatic carbocycles. The van der Waals surface area contributed by atoms with Gasteiger partial charge in [0.1, 0.15) is 19.3 Å².